The van der Waals surface area contributed by atoms with Crippen molar-refractivity contribution in [3.8, 4) is 5.69 Å². The second kappa shape index (κ2) is 8.90. The molecule has 3 aromatic rings. The first-order valence-electron chi connectivity index (χ1n) is 10.2. The molecular weight excluding hydrogens is 378 g/mol. The van der Waals surface area contributed by atoms with Crippen molar-refractivity contribution >= 4 is 11.8 Å². The average molecular weight is 403 g/mol. The van der Waals surface area contributed by atoms with Gasteiger partial charge in [-0.25, -0.2) is 4.68 Å². The third-order valence-corrected chi connectivity index (χ3v) is 5.59. The van der Waals surface area contributed by atoms with Crippen LogP contribution in [-0.2, 0) is 4.79 Å². The van der Waals surface area contributed by atoms with Crippen LogP contribution in [0.1, 0.15) is 41.7 Å². The quantitative estimate of drug-likeness (QED) is 0.710. The second-order valence-corrected chi connectivity index (χ2v) is 7.54. The van der Waals surface area contributed by atoms with Gasteiger partial charge in [0.1, 0.15) is 0 Å². The fraction of sp³-hybridized carbons (Fsp3) is 0.304. The molecule has 0 bridgehead atoms. The minimum atomic E-state index is -0.144. The summed E-state index contributed by atoms with van der Waals surface area (Å²) in [5.74, 6) is -0.0580. The van der Waals surface area contributed by atoms with Crippen LogP contribution >= 0.6 is 0 Å². The van der Waals surface area contributed by atoms with Crippen LogP contribution in [0.3, 0.4) is 0 Å². The highest BCUT2D eigenvalue weighted by atomic mass is 16.2. The maximum atomic E-state index is 12.9. The highest BCUT2D eigenvalue weighted by Crippen LogP contribution is 2.24. The normalized spacial score (nSPS) is 15.6. The molecule has 7 nitrogen and oxygen atoms in total. The number of hydrogen-bond acceptors (Lipinski definition) is 4. The van der Waals surface area contributed by atoms with E-state index in [9.17, 15) is 9.59 Å². The minimum Gasteiger partial charge on any atom is -0.349 e. The summed E-state index contributed by atoms with van der Waals surface area (Å²) in [4.78, 5) is 31.2. The first-order chi connectivity index (χ1) is 14.6. The topological polar surface area (TPSA) is 80.1 Å². The van der Waals surface area contributed by atoms with Crippen LogP contribution in [0.5, 0.6) is 0 Å². The van der Waals surface area contributed by atoms with Crippen molar-refractivity contribution in [2.75, 3.05) is 13.1 Å². The second-order valence-electron chi connectivity index (χ2n) is 7.54. The van der Waals surface area contributed by atoms with Crippen LogP contribution in [0, 0.1) is 5.92 Å². The number of para-hydroxylation sites is 1. The molecule has 0 unspecified atom stereocenters. The number of carbonyl (C=O) groups excluding carboxylic acids is 2. The van der Waals surface area contributed by atoms with Crippen molar-refractivity contribution in [2.24, 2.45) is 5.92 Å². The maximum Gasteiger partial charge on any atom is 0.253 e. The van der Waals surface area contributed by atoms with Crippen molar-refractivity contribution in [1.29, 1.82) is 0 Å². The lowest BCUT2D eigenvalue weighted by Crippen LogP contribution is -2.43. The van der Waals surface area contributed by atoms with E-state index in [0.717, 1.165) is 11.3 Å². The van der Waals surface area contributed by atoms with E-state index in [0.29, 0.717) is 31.5 Å². The number of nitrogens with zero attached hydrogens (tertiary/aromatic N) is 4. The van der Waals surface area contributed by atoms with Crippen LogP contribution in [-0.4, -0.2) is 44.6 Å². The number of piperidine rings is 1. The van der Waals surface area contributed by atoms with Crippen molar-refractivity contribution in [2.45, 2.75) is 25.8 Å². The molecule has 1 saturated heterocycles. The summed E-state index contributed by atoms with van der Waals surface area (Å²) >= 11 is 0. The molecule has 30 heavy (non-hydrogen) atoms. The minimum absolute atomic E-state index is 0.00206. The van der Waals surface area contributed by atoms with Crippen LogP contribution in [0.4, 0.5) is 0 Å². The van der Waals surface area contributed by atoms with Gasteiger partial charge in [0.25, 0.3) is 5.91 Å². The lowest BCUT2D eigenvalue weighted by molar-refractivity contribution is -0.126. The zero-order valence-electron chi connectivity index (χ0n) is 16.9. The molecular formula is C23H25N5O2. The molecule has 154 valence electrons. The maximum absolute atomic E-state index is 12.9. The van der Waals surface area contributed by atoms with Gasteiger partial charge in [-0.3, -0.25) is 14.6 Å². The molecule has 1 fully saturated rings. The lowest BCUT2D eigenvalue weighted by Gasteiger charge is -2.32. The van der Waals surface area contributed by atoms with E-state index in [2.05, 4.69) is 15.4 Å². The molecule has 3 heterocycles. The van der Waals surface area contributed by atoms with Crippen molar-refractivity contribution in [1.82, 2.24) is 25.0 Å². The van der Waals surface area contributed by atoms with Crippen LogP contribution in [0.2, 0.25) is 0 Å². The molecule has 1 aromatic carbocycles. The van der Waals surface area contributed by atoms with E-state index in [1.165, 1.54) is 0 Å². The Morgan fingerprint density at radius 2 is 1.77 bits per heavy atom. The Bertz CT molecular complexity index is 995. The first kappa shape index (κ1) is 19.8. The summed E-state index contributed by atoms with van der Waals surface area (Å²) in [6.45, 7) is 3.15. The molecule has 1 aliphatic rings. The standard InChI is InChI=1S/C23H25N5O2/c1-17(20-5-2-3-6-21(20)28-14-4-11-25-28)26-22(29)18-9-15-27(16-10-18)23(30)19-7-12-24-13-8-19/h2-8,11-14,17-18H,9-10,15-16H2,1H3,(H,26,29)/t17-/m0/s1. The molecule has 1 N–H and O–H groups in total. The molecule has 0 saturated carbocycles. The third-order valence-electron chi connectivity index (χ3n) is 5.59. The van der Waals surface area contributed by atoms with E-state index in [4.69, 9.17) is 0 Å². The van der Waals surface area contributed by atoms with Gasteiger partial charge in [-0.2, -0.15) is 5.10 Å². The van der Waals surface area contributed by atoms with Gasteiger partial charge in [-0.1, -0.05) is 18.2 Å². The number of rotatable bonds is 5. The summed E-state index contributed by atoms with van der Waals surface area (Å²) in [7, 11) is 0. The van der Waals surface area contributed by atoms with E-state index >= 15 is 0 Å². The van der Waals surface area contributed by atoms with Crippen LogP contribution < -0.4 is 5.32 Å². The molecule has 2 amide bonds. The van der Waals surface area contributed by atoms with E-state index < -0.39 is 0 Å². The molecule has 4 rings (SSSR count). The molecule has 1 aliphatic heterocycles. The molecule has 0 radical (unpaired) electrons. The summed E-state index contributed by atoms with van der Waals surface area (Å²) in [6, 6.07) is 13.1. The van der Waals surface area contributed by atoms with Crippen LogP contribution in [0.25, 0.3) is 5.69 Å². The Morgan fingerprint density at radius 1 is 1.03 bits per heavy atom. The van der Waals surface area contributed by atoms with Gasteiger partial charge in [0.05, 0.1) is 11.7 Å². The van der Waals surface area contributed by atoms with E-state index in [-0.39, 0.29) is 23.8 Å². The van der Waals surface area contributed by atoms with Gasteiger partial charge in [0.2, 0.25) is 5.91 Å². The Kier molecular flexibility index (Phi) is 5.88. The summed E-state index contributed by atoms with van der Waals surface area (Å²) in [6.07, 6.45) is 8.20. The number of benzene rings is 1. The zero-order valence-corrected chi connectivity index (χ0v) is 16.9. The number of amides is 2. The Labute approximate surface area is 175 Å². The molecule has 1 atom stereocenters. The van der Waals surface area contributed by atoms with Gasteiger partial charge >= 0.3 is 0 Å². The van der Waals surface area contributed by atoms with Gasteiger partial charge < -0.3 is 10.2 Å². The molecule has 0 aliphatic carbocycles. The predicted molar refractivity (Wildman–Crippen MR) is 113 cm³/mol. The smallest absolute Gasteiger partial charge is 0.253 e. The van der Waals surface area contributed by atoms with E-state index in [1.807, 2.05) is 48.4 Å². The molecule has 0 spiro atoms. The molecule has 7 heteroatoms. The number of carbonyl (C=O) groups is 2. The number of aromatic nitrogens is 3. The first-order valence-corrected chi connectivity index (χ1v) is 10.2. The third kappa shape index (κ3) is 4.25. The van der Waals surface area contributed by atoms with Crippen molar-refractivity contribution in [3.05, 3.63) is 78.4 Å². The summed E-state index contributed by atoms with van der Waals surface area (Å²) in [5.41, 5.74) is 2.60. The Morgan fingerprint density at radius 3 is 2.47 bits per heavy atom. The lowest BCUT2D eigenvalue weighted by atomic mass is 9.94. The average Bonchev–Trinajstić information content (AvgIpc) is 3.34. The van der Waals surface area contributed by atoms with Gasteiger partial charge in [-0.15, -0.1) is 0 Å². The highest BCUT2D eigenvalue weighted by molar-refractivity contribution is 5.94. The van der Waals surface area contributed by atoms with Gasteiger partial charge in [0.15, 0.2) is 0 Å². The number of nitrogens with one attached hydrogen (secondary N) is 1. The molecule has 2 aromatic heterocycles. The number of hydrogen-bond donors (Lipinski definition) is 1. The number of likely N-dealkylation sites (tertiary alicyclic amines) is 1. The van der Waals surface area contributed by atoms with Crippen molar-refractivity contribution in [3.63, 3.8) is 0 Å². The zero-order chi connectivity index (χ0) is 20.9. The van der Waals surface area contributed by atoms with Gasteiger partial charge in [-0.05, 0) is 49.6 Å². The monoisotopic (exact) mass is 403 g/mol. The fourth-order valence-electron chi connectivity index (χ4n) is 3.90. The van der Waals surface area contributed by atoms with Gasteiger partial charge in [0, 0.05) is 49.4 Å². The predicted octanol–water partition coefficient (Wildman–Crippen LogP) is 3.00. The Hall–Kier alpha value is -3.48. The fourth-order valence-corrected chi connectivity index (χ4v) is 3.90. The van der Waals surface area contributed by atoms with E-state index in [1.54, 1.807) is 35.4 Å². The largest absolute Gasteiger partial charge is 0.349 e. The Balaban J connectivity index is 1.36. The van der Waals surface area contributed by atoms with Crippen LogP contribution in [0.15, 0.2) is 67.3 Å². The highest BCUT2D eigenvalue weighted by Gasteiger charge is 2.28. The van der Waals surface area contributed by atoms with Crippen molar-refractivity contribution < 1.29 is 9.59 Å². The SMILES string of the molecule is C[C@H](NC(=O)C1CCN(C(=O)c2ccncc2)CC1)c1ccccc1-n1cccn1. The summed E-state index contributed by atoms with van der Waals surface area (Å²) < 4.78 is 1.81. The number of pyridine rings is 1. The summed E-state index contributed by atoms with van der Waals surface area (Å²) in [5, 5.41) is 7.46.